The molecule has 2 unspecified atom stereocenters. The number of carbonyl (C=O) groups is 1. The third kappa shape index (κ3) is 5.09. The Hall–Kier alpha value is -2.33. The molecule has 0 radical (unpaired) electrons. The van der Waals surface area contributed by atoms with Gasteiger partial charge in [-0.3, -0.25) is 9.69 Å². The Morgan fingerprint density at radius 2 is 1.65 bits per heavy atom. The molecule has 0 heterocycles. The van der Waals surface area contributed by atoms with Crippen LogP contribution in [0.15, 0.2) is 54.6 Å². The molecule has 0 aromatic heterocycles. The first-order valence-electron chi connectivity index (χ1n) is 9.42. The highest BCUT2D eigenvalue weighted by molar-refractivity contribution is 5.83. The molecule has 0 fully saturated rings. The van der Waals surface area contributed by atoms with Crippen LogP contribution in [0.4, 0.5) is 0 Å². The van der Waals surface area contributed by atoms with E-state index < -0.39 is 0 Å². The van der Waals surface area contributed by atoms with Gasteiger partial charge in [-0.05, 0) is 50.2 Å². The lowest BCUT2D eigenvalue weighted by Crippen LogP contribution is -2.41. The molecular formula is C22H30N2O2. The van der Waals surface area contributed by atoms with E-state index in [0.29, 0.717) is 6.61 Å². The van der Waals surface area contributed by atoms with Crippen LogP contribution in [0.5, 0.6) is 5.75 Å². The van der Waals surface area contributed by atoms with Gasteiger partial charge in [-0.1, -0.05) is 56.3 Å². The predicted molar refractivity (Wildman–Crippen MR) is 106 cm³/mol. The smallest absolute Gasteiger partial charge is 0.242 e. The van der Waals surface area contributed by atoms with Crippen LogP contribution in [0, 0.1) is 0 Å². The average molecular weight is 354 g/mol. The van der Waals surface area contributed by atoms with Gasteiger partial charge in [0.05, 0.1) is 12.6 Å². The van der Waals surface area contributed by atoms with Gasteiger partial charge >= 0.3 is 0 Å². The maximum atomic E-state index is 13.1. The maximum absolute atomic E-state index is 13.1. The Bertz CT molecular complexity index is 684. The first-order chi connectivity index (χ1) is 12.6. The van der Waals surface area contributed by atoms with E-state index in [0.717, 1.165) is 30.0 Å². The molecule has 0 saturated heterocycles. The average Bonchev–Trinajstić information content (AvgIpc) is 2.67. The molecule has 1 amide bonds. The van der Waals surface area contributed by atoms with Crippen LogP contribution in [0.2, 0.25) is 0 Å². The van der Waals surface area contributed by atoms with Crippen LogP contribution in [-0.2, 0) is 4.79 Å². The third-order valence-corrected chi connectivity index (χ3v) is 4.57. The minimum Gasteiger partial charge on any atom is -0.494 e. The van der Waals surface area contributed by atoms with Crippen molar-refractivity contribution in [1.82, 2.24) is 10.2 Å². The molecule has 140 valence electrons. The molecule has 0 aliphatic rings. The monoisotopic (exact) mass is 354 g/mol. The summed E-state index contributed by atoms with van der Waals surface area (Å²) < 4.78 is 5.57. The number of hydrogen-bond acceptors (Lipinski definition) is 3. The maximum Gasteiger partial charge on any atom is 0.242 e. The molecule has 0 aliphatic carbocycles. The highest BCUT2D eigenvalue weighted by atomic mass is 16.5. The van der Waals surface area contributed by atoms with E-state index in [9.17, 15) is 4.79 Å². The molecule has 2 rings (SSSR count). The lowest BCUT2D eigenvalue weighted by atomic mass is 10.0. The van der Waals surface area contributed by atoms with Gasteiger partial charge in [-0.2, -0.15) is 0 Å². The summed E-state index contributed by atoms with van der Waals surface area (Å²) in [6, 6.07) is 17.5. The molecular weight excluding hydrogens is 324 g/mol. The molecule has 2 atom stereocenters. The second-order valence-corrected chi connectivity index (χ2v) is 6.27. The van der Waals surface area contributed by atoms with Gasteiger partial charge in [0.1, 0.15) is 11.8 Å². The summed E-state index contributed by atoms with van der Waals surface area (Å²) in [5.74, 6) is 0.851. The van der Waals surface area contributed by atoms with Crippen molar-refractivity contribution in [3.8, 4) is 5.75 Å². The van der Waals surface area contributed by atoms with Crippen molar-refractivity contribution < 1.29 is 9.53 Å². The van der Waals surface area contributed by atoms with Crippen molar-refractivity contribution >= 4 is 5.91 Å². The second-order valence-electron chi connectivity index (χ2n) is 6.27. The molecule has 0 bridgehead atoms. The summed E-state index contributed by atoms with van der Waals surface area (Å²) in [6.07, 6.45) is 0. The normalized spacial score (nSPS) is 13.3. The summed E-state index contributed by atoms with van der Waals surface area (Å²) in [7, 11) is 0. The highest BCUT2D eigenvalue weighted by Gasteiger charge is 2.26. The molecule has 0 saturated carbocycles. The number of benzene rings is 2. The van der Waals surface area contributed by atoms with Crippen molar-refractivity contribution in [3.05, 3.63) is 65.7 Å². The summed E-state index contributed by atoms with van der Waals surface area (Å²) in [5, 5.41) is 3.18. The van der Waals surface area contributed by atoms with Gasteiger partial charge in [0, 0.05) is 0 Å². The Balaban J connectivity index is 2.19. The summed E-state index contributed by atoms with van der Waals surface area (Å²) in [5.41, 5.74) is 2.06. The van der Waals surface area contributed by atoms with Crippen LogP contribution >= 0.6 is 0 Å². The van der Waals surface area contributed by atoms with Gasteiger partial charge in [-0.25, -0.2) is 0 Å². The van der Waals surface area contributed by atoms with E-state index in [1.54, 1.807) is 0 Å². The summed E-state index contributed by atoms with van der Waals surface area (Å²) in [4.78, 5) is 15.3. The lowest BCUT2D eigenvalue weighted by Gasteiger charge is -2.30. The number of carbonyl (C=O) groups excluding carboxylic acids is 1. The topological polar surface area (TPSA) is 41.6 Å². The zero-order chi connectivity index (χ0) is 18.9. The summed E-state index contributed by atoms with van der Waals surface area (Å²) in [6.45, 7) is 10.4. The number of rotatable bonds is 9. The Kier molecular flexibility index (Phi) is 7.67. The molecule has 4 heteroatoms. The van der Waals surface area contributed by atoms with Crippen molar-refractivity contribution in [1.29, 1.82) is 0 Å². The zero-order valence-electron chi connectivity index (χ0n) is 16.2. The molecule has 26 heavy (non-hydrogen) atoms. The largest absolute Gasteiger partial charge is 0.494 e. The number of hydrogen-bond donors (Lipinski definition) is 1. The highest BCUT2D eigenvalue weighted by Crippen LogP contribution is 2.24. The molecule has 0 spiro atoms. The van der Waals surface area contributed by atoms with E-state index in [2.05, 4.69) is 24.1 Å². The van der Waals surface area contributed by atoms with Crippen molar-refractivity contribution in [2.45, 2.75) is 39.8 Å². The Labute approximate surface area is 157 Å². The van der Waals surface area contributed by atoms with Gasteiger partial charge < -0.3 is 10.1 Å². The molecule has 1 N–H and O–H groups in total. The fourth-order valence-corrected chi connectivity index (χ4v) is 3.17. The first kappa shape index (κ1) is 20.0. The minimum absolute atomic E-state index is 0.0224. The fraction of sp³-hybridized carbons (Fsp3) is 0.409. The van der Waals surface area contributed by atoms with Crippen LogP contribution in [0.3, 0.4) is 0 Å². The van der Waals surface area contributed by atoms with E-state index in [4.69, 9.17) is 4.74 Å². The second kappa shape index (κ2) is 9.97. The van der Waals surface area contributed by atoms with Gasteiger partial charge in [0.25, 0.3) is 0 Å². The van der Waals surface area contributed by atoms with E-state index >= 15 is 0 Å². The Morgan fingerprint density at radius 3 is 2.27 bits per heavy atom. The van der Waals surface area contributed by atoms with Crippen molar-refractivity contribution in [2.24, 2.45) is 0 Å². The summed E-state index contributed by atoms with van der Waals surface area (Å²) >= 11 is 0. The molecule has 2 aromatic rings. The molecule has 0 aliphatic heterocycles. The van der Waals surface area contributed by atoms with Crippen LogP contribution in [-0.4, -0.2) is 30.5 Å². The van der Waals surface area contributed by atoms with Gasteiger partial charge in [0.15, 0.2) is 0 Å². The lowest BCUT2D eigenvalue weighted by molar-refractivity contribution is -0.127. The zero-order valence-corrected chi connectivity index (χ0v) is 16.2. The third-order valence-electron chi connectivity index (χ3n) is 4.57. The number of likely N-dealkylation sites (N-methyl/N-ethyl adjacent to an activating group) is 1. The van der Waals surface area contributed by atoms with Crippen LogP contribution in [0.25, 0.3) is 0 Å². The Morgan fingerprint density at radius 1 is 1.00 bits per heavy atom. The van der Waals surface area contributed by atoms with E-state index in [1.807, 2.05) is 68.4 Å². The minimum atomic E-state index is -0.288. The standard InChI is InChI=1S/C22H30N2O2/c1-5-24(6-2)21(18-12-9-8-10-13-18)22(25)23-17(4)19-14-11-15-20(16-19)26-7-3/h8-17,21H,5-7H2,1-4H3,(H,23,25). The quantitative estimate of drug-likeness (QED) is 0.728. The van der Waals surface area contributed by atoms with Gasteiger partial charge in [0.2, 0.25) is 5.91 Å². The first-order valence-corrected chi connectivity index (χ1v) is 9.42. The van der Waals surface area contributed by atoms with E-state index in [1.165, 1.54) is 0 Å². The number of nitrogens with zero attached hydrogens (tertiary/aromatic N) is 1. The van der Waals surface area contributed by atoms with Crippen LogP contribution in [0.1, 0.15) is 50.9 Å². The number of amides is 1. The number of ether oxygens (including phenoxy) is 1. The van der Waals surface area contributed by atoms with Gasteiger partial charge in [-0.15, -0.1) is 0 Å². The molecule has 4 nitrogen and oxygen atoms in total. The number of nitrogens with one attached hydrogen (secondary N) is 1. The van der Waals surface area contributed by atoms with E-state index in [-0.39, 0.29) is 18.0 Å². The van der Waals surface area contributed by atoms with Crippen molar-refractivity contribution in [2.75, 3.05) is 19.7 Å². The van der Waals surface area contributed by atoms with Crippen molar-refractivity contribution in [3.63, 3.8) is 0 Å². The molecule has 2 aromatic carbocycles. The SMILES string of the molecule is CCOc1cccc(C(C)NC(=O)C(c2ccccc2)N(CC)CC)c1. The predicted octanol–water partition coefficient (Wildman–Crippen LogP) is 4.35. The fourth-order valence-electron chi connectivity index (χ4n) is 3.17. The van der Waals surface area contributed by atoms with Crippen LogP contribution < -0.4 is 10.1 Å².